The van der Waals surface area contributed by atoms with Crippen molar-refractivity contribution in [2.24, 2.45) is 9.98 Å². The van der Waals surface area contributed by atoms with E-state index in [9.17, 15) is 0 Å². The van der Waals surface area contributed by atoms with E-state index in [0.717, 1.165) is 34.0 Å². The second-order valence-corrected chi connectivity index (χ2v) is 15.4. The highest BCUT2D eigenvalue weighted by Gasteiger charge is 2.40. The van der Waals surface area contributed by atoms with E-state index in [1.165, 1.54) is 65.6 Å². The van der Waals surface area contributed by atoms with Crippen molar-refractivity contribution in [3.05, 3.63) is 198 Å². The van der Waals surface area contributed by atoms with Crippen LogP contribution in [-0.2, 0) is 5.41 Å². The van der Waals surface area contributed by atoms with Crippen molar-refractivity contribution in [2.45, 2.75) is 25.4 Å². The maximum Gasteiger partial charge on any atom is 0.159 e. The van der Waals surface area contributed by atoms with E-state index in [1.54, 1.807) is 0 Å². The van der Waals surface area contributed by atoms with Gasteiger partial charge in [0.25, 0.3) is 0 Å². The SMILES string of the molecule is CN1C(c2cc(-n3c4ccc5ccccc5c4c4c5ccccc5ccc43)cc3c2C(C)(C)c2ccccc2-3)=NC(c2ccccc2)=NC1c1ccccc1. The molecular weight excluding hydrogens is 669 g/mol. The second kappa shape index (κ2) is 11.9. The Morgan fingerprint density at radius 2 is 1.11 bits per heavy atom. The van der Waals surface area contributed by atoms with Crippen molar-refractivity contribution in [1.82, 2.24) is 9.47 Å². The van der Waals surface area contributed by atoms with Gasteiger partial charge in [-0.1, -0.05) is 159 Å². The van der Waals surface area contributed by atoms with Crippen LogP contribution in [0, 0.1) is 0 Å². The average molecular weight is 707 g/mol. The molecule has 9 aromatic rings. The lowest BCUT2D eigenvalue weighted by atomic mass is 9.79. The minimum Gasteiger partial charge on any atom is -0.333 e. The molecule has 0 spiro atoms. The molecule has 2 aliphatic rings. The fourth-order valence-electron chi connectivity index (χ4n) is 9.47. The summed E-state index contributed by atoms with van der Waals surface area (Å²) < 4.78 is 2.49. The minimum absolute atomic E-state index is 0.249. The second-order valence-electron chi connectivity index (χ2n) is 15.4. The van der Waals surface area contributed by atoms with Gasteiger partial charge < -0.3 is 9.47 Å². The monoisotopic (exact) mass is 706 g/mol. The van der Waals surface area contributed by atoms with Gasteiger partial charge in [-0.25, -0.2) is 9.98 Å². The van der Waals surface area contributed by atoms with E-state index < -0.39 is 0 Å². The Labute approximate surface area is 320 Å². The molecule has 1 aliphatic heterocycles. The van der Waals surface area contributed by atoms with E-state index in [2.05, 4.69) is 194 Å². The number of amidine groups is 2. The molecule has 4 heteroatoms. The van der Waals surface area contributed by atoms with Crippen LogP contribution in [0.15, 0.2) is 180 Å². The average Bonchev–Trinajstić information content (AvgIpc) is 3.70. The summed E-state index contributed by atoms with van der Waals surface area (Å²) in [7, 11) is 2.15. The molecule has 8 aromatic carbocycles. The summed E-state index contributed by atoms with van der Waals surface area (Å²) in [4.78, 5) is 13.1. The van der Waals surface area contributed by atoms with Crippen LogP contribution in [0.25, 0.3) is 60.2 Å². The lowest BCUT2D eigenvalue weighted by Crippen LogP contribution is -2.37. The lowest BCUT2D eigenvalue weighted by molar-refractivity contribution is 0.382. The number of nitrogens with zero attached hydrogens (tertiary/aromatic N) is 4. The van der Waals surface area contributed by atoms with Gasteiger partial charge in [0.1, 0.15) is 12.0 Å². The van der Waals surface area contributed by atoms with Crippen LogP contribution in [0.3, 0.4) is 0 Å². The first-order valence-corrected chi connectivity index (χ1v) is 19.1. The summed E-state index contributed by atoms with van der Waals surface area (Å²) in [5.74, 6) is 1.66. The number of rotatable bonds is 4. The van der Waals surface area contributed by atoms with E-state index in [1.807, 2.05) is 6.07 Å². The van der Waals surface area contributed by atoms with Gasteiger partial charge in [0.15, 0.2) is 5.84 Å². The standard InChI is InChI=1S/C51H38N4/c1-51(2)42-25-15-14-24-39(42)40-30-36(55-43-28-26-32-16-10-12-22-37(32)45(43)46-38-23-13-11-17-33(38)27-29-44(46)55)31-41(47(40)51)50-53-48(34-18-6-4-7-19-34)52-49(54(50)3)35-20-8-5-9-21-35/h4-31,49H,1-3H3. The molecular formula is C51H38N4. The van der Waals surface area contributed by atoms with Gasteiger partial charge in [-0.05, 0) is 73.6 Å². The van der Waals surface area contributed by atoms with Gasteiger partial charge in [0.2, 0.25) is 0 Å². The lowest BCUT2D eigenvalue weighted by Gasteiger charge is -2.35. The number of hydrogen-bond acceptors (Lipinski definition) is 3. The molecule has 11 rings (SSSR count). The van der Waals surface area contributed by atoms with Crippen molar-refractivity contribution in [3.8, 4) is 16.8 Å². The number of benzene rings is 8. The summed E-state index contributed by atoms with van der Waals surface area (Å²) in [5, 5.41) is 7.57. The van der Waals surface area contributed by atoms with E-state index >= 15 is 0 Å². The van der Waals surface area contributed by atoms with Gasteiger partial charge in [-0.3, -0.25) is 0 Å². The first-order valence-electron chi connectivity index (χ1n) is 19.1. The maximum atomic E-state index is 5.50. The van der Waals surface area contributed by atoms with Crippen molar-refractivity contribution in [2.75, 3.05) is 7.05 Å². The Bertz CT molecular complexity index is 2980. The van der Waals surface area contributed by atoms with E-state index in [4.69, 9.17) is 9.98 Å². The van der Waals surface area contributed by atoms with Crippen molar-refractivity contribution >= 4 is 55.0 Å². The number of aliphatic imine (C=N–C) groups is 2. The molecule has 2 heterocycles. The topological polar surface area (TPSA) is 32.9 Å². The largest absolute Gasteiger partial charge is 0.333 e. The normalized spacial score (nSPS) is 16.1. The number of aromatic nitrogens is 1. The molecule has 55 heavy (non-hydrogen) atoms. The maximum absolute atomic E-state index is 5.50. The molecule has 262 valence electrons. The number of fused-ring (bicyclic) bond motifs is 10. The Hall–Kier alpha value is -6.78. The summed E-state index contributed by atoms with van der Waals surface area (Å²) >= 11 is 0. The third-order valence-corrected chi connectivity index (χ3v) is 12.0. The Morgan fingerprint density at radius 3 is 1.78 bits per heavy atom. The summed E-state index contributed by atoms with van der Waals surface area (Å²) in [5.41, 5.74) is 11.6. The molecule has 0 bridgehead atoms. The molecule has 4 nitrogen and oxygen atoms in total. The smallest absolute Gasteiger partial charge is 0.159 e. The van der Waals surface area contributed by atoms with Crippen molar-refractivity contribution < 1.29 is 0 Å². The van der Waals surface area contributed by atoms with Gasteiger partial charge in [-0.2, -0.15) is 0 Å². The molecule has 1 aromatic heterocycles. The van der Waals surface area contributed by atoms with E-state index in [-0.39, 0.29) is 11.6 Å². The summed E-state index contributed by atoms with van der Waals surface area (Å²) in [6.45, 7) is 4.73. The molecule has 1 atom stereocenters. The summed E-state index contributed by atoms with van der Waals surface area (Å²) in [6.07, 6.45) is -0.249. The molecule has 1 unspecified atom stereocenters. The van der Waals surface area contributed by atoms with Crippen LogP contribution < -0.4 is 0 Å². The minimum atomic E-state index is -0.264. The first-order chi connectivity index (χ1) is 27.0. The van der Waals surface area contributed by atoms with Crippen LogP contribution >= 0.6 is 0 Å². The zero-order valence-electron chi connectivity index (χ0n) is 31.0. The van der Waals surface area contributed by atoms with E-state index in [0.29, 0.717) is 0 Å². The highest BCUT2D eigenvalue weighted by Crippen LogP contribution is 2.52. The fourth-order valence-corrected chi connectivity index (χ4v) is 9.47. The Kier molecular flexibility index (Phi) is 6.84. The van der Waals surface area contributed by atoms with Crippen molar-refractivity contribution in [3.63, 3.8) is 0 Å². The van der Waals surface area contributed by atoms with Gasteiger partial charge in [-0.15, -0.1) is 0 Å². The predicted octanol–water partition coefficient (Wildman–Crippen LogP) is 12.2. The van der Waals surface area contributed by atoms with Crippen LogP contribution in [0.2, 0.25) is 0 Å². The van der Waals surface area contributed by atoms with Crippen LogP contribution in [0.5, 0.6) is 0 Å². The molecule has 0 amide bonds. The number of hydrogen-bond donors (Lipinski definition) is 0. The molecule has 0 radical (unpaired) electrons. The quantitative estimate of drug-likeness (QED) is 0.179. The third-order valence-electron chi connectivity index (χ3n) is 12.0. The predicted molar refractivity (Wildman–Crippen MR) is 230 cm³/mol. The van der Waals surface area contributed by atoms with Crippen LogP contribution in [-0.4, -0.2) is 28.2 Å². The highest BCUT2D eigenvalue weighted by atomic mass is 15.3. The Morgan fingerprint density at radius 1 is 0.545 bits per heavy atom. The highest BCUT2D eigenvalue weighted by molar-refractivity contribution is 6.28. The van der Waals surface area contributed by atoms with Crippen molar-refractivity contribution in [1.29, 1.82) is 0 Å². The molecule has 1 aliphatic carbocycles. The van der Waals surface area contributed by atoms with Gasteiger partial charge in [0, 0.05) is 40.0 Å². The fraction of sp³-hybridized carbons (Fsp3) is 0.0980. The zero-order valence-corrected chi connectivity index (χ0v) is 31.0. The summed E-state index contributed by atoms with van der Waals surface area (Å²) in [6, 6.07) is 61.5. The van der Waals surface area contributed by atoms with Gasteiger partial charge in [0.05, 0.1) is 11.0 Å². The molecule has 0 saturated carbocycles. The van der Waals surface area contributed by atoms with Gasteiger partial charge >= 0.3 is 0 Å². The van der Waals surface area contributed by atoms with Crippen LogP contribution in [0.4, 0.5) is 0 Å². The molecule has 0 N–H and O–H groups in total. The zero-order chi connectivity index (χ0) is 36.8. The first kappa shape index (κ1) is 31.7. The molecule has 0 saturated heterocycles. The van der Waals surface area contributed by atoms with Crippen LogP contribution in [0.1, 0.15) is 47.8 Å². The molecule has 0 fully saturated rings. The third kappa shape index (κ3) is 4.64. The Balaban J connectivity index is 1.26.